The fourth-order valence-corrected chi connectivity index (χ4v) is 3.24. The van der Waals surface area contributed by atoms with Gasteiger partial charge in [0, 0.05) is 6.61 Å². The zero-order valence-corrected chi connectivity index (χ0v) is 8.25. The summed E-state index contributed by atoms with van der Waals surface area (Å²) in [5.74, 6) is 3.01. The Morgan fingerprint density at radius 3 is 2.17 bits per heavy atom. The standard InChI is InChI=1S/C11H20O/c1-3-12-11-6-9-4-8(2)5-10(9)7-11/h8-11H,3-7H2,1-2H3/t8?,9-,10?,11?/m1/s1. The van der Waals surface area contributed by atoms with Crippen LogP contribution in [0.25, 0.3) is 0 Å². The predicted octanol–water partition coefficient (Wildman–Crippen LogP) is 2.85. The lowest BCUT2D eigenvalue weighted by Gasteiger charge is -2.11. The van der Waals surface area contributed by atoms with Crippen molar-refractivity contribution in [2.75, 3.05) is 6.61 Å². The largest absolute Gasteiger partial charge is 0.378 e. The molecule has 2 saturated carbocycles. The van der Waals surface area contributed by atoms with Gasteiger partial charge in [0.15, 0.2) is 0 Å². The van der Waals surface area contributed by atoms with Gasteiger partial charge in [-0.05, 0) is 50.4 Å². The average molecular weight is 168 g/mol. The molecule has 3 unspecified atom stereocenters. The molecule has 0 amide bonds. The lowest BCUT2D eigenvalue weighted by molar-refractivity contribution is 0.0611. The topological polar surface area (TPSA) is 9.23 Å². The molecule has 2 fully saturated rings. The van der Waals surface area contributed by atoms with Crippen LogP contribution < -0.4 is 0 Å². The molecular weight excluding hydrogens is 148 g/mol. The predicted molar refractivity (Wildman–Crippen MR) is 50.0 cm³/mol. The average Bonchev–Trinajstić information content (AvgIpc) is 2.44. The van der Waals surface area contributed by atoms with Crippen molar-refractivity contribution in [1.82, 2.24) is 0 Å². The van der Waals surface area contributed by atoms with Crippen LogP contribution in [0, 0.1) is 17.8 Å². The molecule has 0 aliphatic heterocycles. The van der Waals surface area contributed by atoms with E-state index < -0.39 is 0 Å². The van der Waals surface area contributed by atoms with E-state index in [0.717, 1.165) is 24.4 Å². The van der Waals surface area contributed by atoms with Crippen LogP contribution in [0.5, 0.6) is 0 Å². The minimum Gasteiger partial charge on any atom is -0.378 e. The third kappa shape index (κ3) is 1.52. The highest BCUT2D eigenvalue weighted by molar-refractivity contribution is 4.90. The van der Waals surface area contributed by atoms with E-state index in [1.807, 2.05) is 0 Å². The number of hydrogen-bond donors (Lipinski definition) is 0. The van der Waals surface area contributed by atoms with Crippen molar-refractivity contribution in [2.45, 2.75) is 45.6 Å². The van der Waals surface area contributed by atoms with Gasteiger partial charge in [-0.25, -0.2) is 0 Å². The van der Waals surface area contributed by atoms with Gasteiger partial charge in [0.25, 0.3) is 0 Å². The van der Waals surface area contributed by atoms with Gasteiger partial charge in [-0.15, -0.1) is 0 Å². The van der Waals surface area contributed by atoms with E-state index >= 15 is 0 Å². The molecule has 0 bridgehead atoms. The molecular formula is C11H20O. The summed E-state index contributed by atoms with van der Waals surface area (Å²) in [6.45, 7) is 5.41. The summed E-state index contributed by atoms with van der Waals surface area (Å²) in [5, 5.41) is 0. The van der Waals surface area contributed by atoms with Crippen LogP contribution >= 0.6 is 0 Å². The molecule has 0 N–H and O–H groups in total. The Kier molecular flexibility index (Phi) is 2.40. The molecule has 0 aromatic carbocycles. The van der Waals surface area contributed by atoms with Crippen molar-refractivity contribution in [3.8, 4) is 0 Å². The molecule has 1 nitrogen and oxygen atoms in total. The van der Waals surface area contributed by atoms with E-state index in [4.69, 9.17) is 4.74 Å². The Balaban J connectivity index is 1.85. The third-order valence-electron chi connectivity index (χ3n) is 3.61. The zero-order chi connectivity index (χ0) is 8.55. The summed E-state index contributed by atoms with van der Waals surface area (Å²) in [4.78, 5) is 0. The monoisotopic (exact) mass is 168 g/mol. The molecule has 12 heavy (non-hydrogen) atoms. The van der Waals surface area contributed by atoms with Crippen molar-refractivity contribution >= 4 is 0 Å². The molecule has 0 aromatic heterocycles. The second-order valence-electron chi connectivity index (χ2n) is 4.65. The minimum absolute atomic E-state index is 0.609. The summed E-state index contributed by atoms with van der Waals surface area (Å²) in [6, 6.07) is 0. The van der Waals surface area contributed by atoms with Gasteiger partial charge in [0.2, 0.25) is 0 Å². The molecule has 2 rings (SSSR count). The first-order valence-electron chi connectivity index (χ1n) is 5.41. The first-order valence-corrected chi connectivity index (χ1v) is 5.41. The zero-order valence-electron chi connectivity index (χ0n) is 8.25. The summed E-state index contributed by atoms with van der Waals surface area (Å²) in [5.41, 5.74) is 0. The van der Waals surface area contributed by atoms with E-state index in [2.05, 4.69) is 13.8 Å². The highest BCUT2D eigenvalue weighted by Gasteiger charge is 2.40. The smallest absolute Gasteiger partial charge is 0.0580 e. The maximum absolute atomic E-state index is 5.67. The molecule has 0 spiro atoms. The van der Waals surface area contributed by atoms with Crippen molar-refractivity contribution < 1.29 is 4.74 Å². The third-order valence-corrected chi connectivity index (χ3v) is 3.61. The van der Waals surface area contributed by atoms with Gasteiger partial charge in [0.05, 0.1) is 6.10 Å². The van der Waals surface area contributed by atoms with Gasteiger partial charge in [0.1, 0.15) is 0 Å². The fourth-order valence-electron chi connectivity index (χ4n) is 3.24. The van der Waals surface area contributed by atoms with Gasteiger partial charge >= 0.3 is 0 Å². The van der Waals surface area contributed by atoms with Gasteiger partial charge in [-0.3, -0.25) is 0 Å². The molecule has 0 saturated heterocycles. The van der Waals surface area contributed by atoms with E-state index in [1.54, 1.807) is 0 Å². The summed E-state index contributed by atoms with van der Waals surface area (Å²) >= 11 is 0. The summed E-state index contributed by atoms with van der Waals surface area (Å²) in [6.07, 6.45) is 6.24. The summed E-state index contributed by atoms with van der Waals surface area (Å²) < 4.78 is 5.67. The van der Waals surface area contributed by atoms with Crippen molar-refractivity contribution in [3.63, 3.8) is 0 Å². The lowest BCUT2D eigenvalue weighted by atomic mass is 10.0. The first kappa shape index (κ1) is 8.55. The van der Waals surface area contributed by atoms with E-state index in [-0.39, 0.29) is 0 Å². The minimum atomic E-state index is 0.609. The molecule has 0 heterocycles. The van der Waals surface area contributed by atoms with Crippen molar-refractivity contribution in [3.05, 3.63) is 0 Å². The molecule has 2 aliphatic carbocycles. The molecule has 0 radical (unpaired) electrons. The number of ether oxygens (including phenoxy) is 1. The van der Waals surface area contributed by atoms with Crippen LogP contribution in [0.3, 0.4) is 0 Å². The maximum Gasteiger partial charge on any atom is 0.0580 e. The number of hydrogen-bond acceptors (Lipinski definition) is 1. The Labute approximate surface area is 75.5 Å². The lowest BCUT2D eigenvalue weighted by Crippen LogP contribution is -2.09. The SMILES string of the molecule is CCOC1CC2CC(C)C[C@@H]2C1. The highest BCUT2D eigenvalue weighted by Crippen LogP contribution is 2.47. The Bertz CT molecular complexity index is 141. The van der Waals surface area contributed by atoms with E-state index in [1.165, 1.54) is 25.7 Å². The fraction of sp³-hybridized carbons (Fsp3) is 1.00. The van der Waals surface area contributed by atoms with Gasteiger partial charge in [-0.2, -0.15) is 0 Å². The molecule has 0 aromatic rings. The quantitative estimate of drug-likeness (QED) is 0.616. The number of fused-ring (bicyclic) bond motifs is 1. The second-order valence-corrected chi connectivity index (χ2v) is 4.65. The van der Waals surface area contributed by atoms with Crippen LogP contribution in [-0.2, 0) is 4.74 Å². The van der Waals surface area contributed by atoms with Gasteiger partial charge < -0.3 is 4.74 Å². The Morgan fingerprint density at radius 1 is 1.08 bits per heavy atom. The second kappa shape index (κ2) is 3.37. The van der Waals surface area contributed by atoms with Crippen LogP contribution in [0.2, 0.25) is 0 Å². The van der Waals surface area contributed by atoms with E-state index in [9.17, 15) is 0 Å². The van der Waals surface area contributed by atoms with Gasteiger partial charge in [-0.1, -0.05) is 6.92 Å². The van der Waals surface area contributed by atoms with Crippen molar-refractivity contribution in [1.29, 1.82) is 0 Å². The maximum atomic E-state index is 5.67. The highest BCUT2D eigenvalue weighted by atomic mass is 16.5. The summed E-state index contributed by atoms with van der Waals surface area (Å²) in [7, 11) is 0. The first-order chi connectivity index (χ1) is 5.79. The van der Waals surface area contributed by atoms with Crippen LogP contribution in [0.4, 0.5) is 0 Å². The number of rotatable bonds is 2. The molecule has 2 aliphatic rings. The normalized spacial score (nSPS) is 46.5. The molecule has 1 heteroatoms. The Hall–Kier alpha value is -0.0400. The van der Waals surface area contributed by atoms with Crippen LogP contribution in [-0.4, -0.2) is 12.7 Å². The van der Waals surface area contributed by atoms with Crippen LogP contribution in [0.15, 0.2) is 0 Å². The van der Waals surface area contributed by atoms with Crippen molar-refractivity contribution in [2.24, 2.45) is 17.8 Å². The molecule has 70 valence electrons. The van der Waals surface area contributed by atoms with E-state index in [0.29, 0.717) is 6.10 Å². The Morgan fingerprint density at radius 2 is 1.67 bits per heavy atom. The van der Waals surface area contributed by atoms with Crippen LogP contribution in [0.1, 0.15) is 39.5 Å². The molecule has 4 atom stereocenters.